The molecule has 0 spiro atoms. The van der Waals surface area contributed by atoms with Gasteiger partial charge < -0.3 is 10.1 Å². The molecular formula is C16H31N3O3S. The molecule has 2 fully saturated rings. The van der Waals surface area contributed by atoms with E-state index in [1.807, 2.05) is 13.8 Å². The lowest BCUT2D eigenvalue weighted by Gasteiger charge is -2.43. The summed E-state index contributed by atoms with van der Waals surface area (Å²) in [6.07, 6.45) is 0. The third kappa shape index (κ3) is 4.75. The van der Waals surface area contributed by atoms with Gasteiger partial charge in [0.05, 0.1) is 18.8 Å². The SMILES string of the molecule is CC(C)(CNC(=O)C(C)(C)N1CCOCC1)N1CCS(=O)CC1. The molecule has 2 heterocycles. The number of carbonyl (C=O) groups excluding carboxylic acids is 1. The summed E-state index contributed by atoms with van der Waals surface area (Å²) in [5.74, 6) is 1.53. The normalized spacial score (nSPS) is 23.0. The Labute approximate surface area is 142 Å². The number of ether oxygens (including phenoxy) is 1. The van der Waals surface area contributed by atoms with Crippen LogP contribution in [0, 0.1) is 0 Å². The second-order valence-corrected chi connectivity index (χ2v) is 9.18. The lowest BCUT2D eigenvalue weighted by molar-refractivity contribution is -0.135. The Bertz CT molecular complexity index is 438. The molecule has 0 aliphatic carbocycles. The Morgan fingerprint density at radius 3 is 2.17 bits per heavy atom. The van der Waals surface area contributed by atoms with Crippen molar-refractivity contribution in [1.82, 2.24) is 15.1 Å². The molecule has 0 aromatic rings. The van der Waals surface area contributed by atoms with E-state index in [0.717, 1.165) is 37.7 Å². The average molecular weight is 346 g/mol. The molecular weight excluding hydrogens is 314 g/mol. The number of hydrogen-bond acceptors (Lipinski definition) is 5. The maximum Gasteiger partial charge on any atom is 0.240 e. The van der Waals surface area contributed by atoms with Crippen molar-refractivity contribution in [3.8, 4) is 0 Å². The van der Waals surface area contributed by atoms with Crippen molar-refractivity contribution in [3.05, 3.63) is 0 Å². The largest absolute Gasteiger partial charge is 0.379 e. The molecule has 23 heavy (non-hydrogen) atoms. The van der Waals surface area contributed by atoms with Gasteiger partial charge in [-0.15, -0.1) is 0 Å². The Kier molecular flexibility index (Phi) is 6.22. The van der Waals surface area contributed by atoms with Crippen LogP contribution in [-0.2, 0) is 20.3 Å². The van der Waals surface area contributed by atoms with Crippen molar-refractivity contribution in [2.75, 3.05) is 57.4 Å². The molecule has 7 heteroatoms. The van der Waals surface area contributed by atoms with Crippen molar-refractivity contribution < 1.29 is 13.7 Å². The quantitative estimate of drug-likeness (QED) is 0.763. The van der Waals surface area contributed by atoms with E-state index in [9.17, 15) is 9.00 Å². The fourth-order valence-corrected chi connectivity index (χ4v) is 4.19. The van der Waals surface area contributed by atoms with Crippen LogP contribution in [0.15, 0.2) is 0 Å². The van der Waals surface area contributed by atoms with Gasteiger partial charge in [-0.3, -0.25) is 18.8 Å². The third-order valence-corrected chi connectivity index (χ3v) is 6.35. The number of morpholine rings is 1. The van der Waals surface area contributed by atoms with E-state index in [1.165, 1.54) is 0 Å². The second-order valence-electron chi connectivity index (χ2n) is 7.49. The first-order valence-electron chi connectivity index (χ1n) is 8.44. The first-order chi connectivity index (χ1) is 10.7. The van der Waals surface area contributed by atoms with Crippen molar-refractivity contribution in [3.63, 3.8) is 0 Å². The molecule has 6 nitrogen and oxygen atoms in total. The van der Waals surface area contributed by atoms with Gasteiger partial charge in [0.2, 0.25) is 5.91 Å². The van der Waals surface area contributed by atoms with Gasteiger partial charge in [0.25, 0.3) is 0 Å². The minimum Gasteiger partial charge on any atom is -0.379 e. The summed E-state index contributed by atoms with van der Waals surface area (Å²) in [6, 6.07) is 0. The molecule has 2 aliphatic heterocycles. The van der Waals surface area contributed by atoms with Gasteiger partial charge in [-0.2, -0.15) is 0 Å². The van der Waals surface area contributed by atoms with E-state index in [4.69, 9.17) is 4.74 Å². The average Bonchev–Trinajstić information content (AvgIpc) is 2.54. The maximum atomic E-state index is 12.7. The van der Waals surface area contributed by atoms with E-state index in [0.29, 0.717) is 19.8 Å². The van der Waals surface area contributed by atoms with Crippen LogP contribution in [0.25, 0.3) is 0 Å². The maximum absolute atomic E-state index is 12.7. The van der Waals surface area contributed by atoms with E-state index in [2.05, 4.69) is 29.0 Å². The standard InChI is InChI=1S/C16H31N3O3S/c1-15(2,18-7-11-23(21)12-8-18)13-17-14(20)16(3,4)19-5-9-22-10-6-19/h5-13H2,1-4H3,(H,17,20). The van der Waals surface area contributed by atoms with Gasteiger partial charge >= 0.3 is 0 Å². The zero-order valence-corrected chi connectivity index (χ0v) is 15.7. The molecule has 1 N–H and O–H groups in total. The van der Waals surface area contributed by atoms with Gasteiger partial charge in [-0.25, -0.2) is 0 Å². The molecule has 0 saturated carbocycles. The van der Waals surface area contributed by atoms with Gasteiger partial charge in [0, 0.05) is 60.6 Å². The molecule has 134 valence electrons. The van der Waals surface area contributed by atoms with Crippen molar-refractivity contribution in [1.29, 1.82) is 0 Å². The molecule has 1 amide bonds. The second kappa shape index (κ2) is 7.59. The number of rotatable bonds is 5. The lowest BCUT2D eigenvalue weighted by atomic mass is 9.98. The number of amides is 1. The van der Waals surface area contributed by atoms with E-state index in [1.54, 1.807) is 0 Å². The Morgan fingerprint density at radius 1 is 1.04 bits per heavy atom. The van der Waals surface area contributed by atoms with Gasteiger partial charge in [-0.1, -0.05) is 0 Å². The first kappa shape index (κ1) is 18.8. The van der Waals surface area contributed by atoms with Crippen LogP contribution in [0.3, 0.4) is 0 Å². The molecule has 0 bridgehead atoms. The Hall–Kier alpha value is -0.500. The van der Waals surface area contributed by atoms with E-state index in [-0.39, 0.29) is 11.4 Å². The van der Waals surface area contributed by atoms with Gasteiger partial charge in [-0.05, 0) is 27.7 Å². The Balaban J connectivity index is 1.87. The summed E-state index contributed by atoms with van der Waals surface area (Å²) in [5.41, 5.74) is -0.648. The van der Waals surface area contributed by atoms with Crippen molar-refractivity contribution in [2.45, 2.75) is 38.8 Å². The zero-order chi connectivity index (χ0) is 17.1. The highest BCUT2D eigenvalue weighted by Gasteiger charge is 2.37. The number of carbonyl (C=O) groups is 1. The van der Waals surface area contributed by atoms with Crippen molar-refractivity contribution >= 4 is 16.7 Å². The monoisotopic (exact) mass is 345 g/mol. The predicted octanol–water partition coefficient (Wildman–Crippen LogP) is 0.0563. The third-order valence-electron chi connectivity index (χ3n) is 5.07. The lowest BCUT2D eigenvalue weighted by Crippen LogP contribution is -2.61. The zero-order valence-electron chi connectivity index (χ0n) is 14.9. The smallest absolute Gasteiger partial charge is 0.240 e. The summed E-state index contributed by atoms with van der Waals surface area (Å²) in [4.78, 5) is 17.2. The minimum atomic E-state index is -0.673. The number of nitrogens with zero attached hydrogens (tertiary/aromatic N) is 2. The molecule has 0 atom stereocenters. The molecule has 2 rings (SSSR count). The van der Waals surface area contributed by atoms with E-state index < -0.39 is 16.3 Å². The van der Waals surface area contributed by atoms with E-state index >= 15 is 0 Å². The molecule has 0 radical (unpaired) electrons. The summed E-state index contributed by atoms with van der Waals surface area (Å²) >= 11 is 0. The van der Waals surface area contributed by atoms with Crippen LogP contribution >= 0.6 is 0 Å². The van der Waals surface area contributed by atoms with Crippen LogP contribution in [0.2, 0.25) is 0 Å². The van der Waals surface area contributed by atoms with Gasteiger partial charge in [0.1, 0.15) is 0 Å². The highest BCUT2D eigenvalue weighted by molar-refractivity contribution is 7.85. The fraction of sp³-hybridized carbons (Fsp3) is 0.938. The number of nitrogens with one attached hydrogen (secondary N) is 1. The van der Waals surface area contributed by atoms with Crippen LogP contribution in [-0.4, -0.2) is 88.4 Å². The summed E-state index contributed by atoms with van der Waals surface area (Å²) in [7, 11) is -0.673. The summed E-state index contributed by atoms with van der Waals surface area (Å²) in [5, 5.41) is 3.13. The first-order valence-corrected chi connectivity index (χ1v) is 9.93. The molecule has 0 aromatic heterocycles. The minimum absolute atomic E-state index is 0.0630. The van der Waals surface area contributed by atoms with Crippen LogP contribution < -0.4 is 5.32 Å². The summed E-state index contributed by atoms with van der Waals surface area (Å²) in [6.45, 7) is 13.5. The molecule has 0 unspecified atom stereocenters. The molecule has 2 saturated heterocycles. The highest BCUT2D eigenvalue weighted by atomic mass is 32.2. The fourth-order valence-electron chi connectivity index (χ4n) is 3.13. The molecule has 0 aromatic carbocycles. The highest BCUT2D eigenvalue weighted by Crippen LogP contribution is 2.19. The van der Waals surface area contributed by atoms with Crippen LogP contribution in [0.4, 0.5) is 0 Å². The molecule has 2 aliphatic rings. The topological polar surface area (TPSA) is 61.9 Å². The van der Waals surface area contributed by atoms with Crippen molar-refractivity contribution in [2.24, 2.45) is 0 Å². The summed E-state index contributed by atoms with van der Waals surface area (Å²) < 4.78 is 16.9. The number of hydrogen-bond donors (Lipinski definition) is 1. The van der Waals surface area contributed by atoms with Gasteiger partial charge in [0.15, 0.2) is 0 Å². The predicted molar refractivity (Wildman–Crippen MR) is 93.0 cm³/mol. The van der Waals surface area contributed by atoms with Crippen LogP contribution in [0.5, 0.6) is 0 Å². The van der Waals surface area contributed by atoms with Crippen LogP contribution in [0.1, 0.15) is 27.7 Å². The Morgan fingerprint density at radius 2 is 1.61 bits per heavy atom.